The summed E-state index contributed by atoms with van der Waals surface area (Å²) < 4.78 is 12.8. The van der Waals surface area contributed by atoms with E-state index in [9.17, 15) is 4.39 Å². The van der Waals surface area contributed by atoms with Gasteiger partial charge in [-0.2, -0.15) is 0 Å². The molecule has 0 saturated heterocycles. The van der Waals surface area contributed by atoms with Crippen LogP contribution in [0.2, 0.25) is 0 Å². The Morgan fingerprint density at radius 2 is 2.05 bits per heavy atom. The SMILES string of the molecule is C=CCCC1=NC(CCc2ccc(F)cc2)CC=C1. The molecule has 0 aromatic heterocycles. The lowest BCUT2D eigenvalue weighted by Gasteiger charge is -2.16. The summed E-state index contributed by atoms with van der Waals surface area (Å²) in [5.74, 6) is -0.172. The Morgan fingerprint density at radius 1 is 1.26 bits per heavy atom. The van der Waals surface area contributed by atoms with Crippen molar-refractivity contribution in [3.8, 4) is 0 Å². The summed E-state index contributed by atoms with van der Waals surface area (Å²) >= 11 is 0. The van der Waals surface area contributed by atoms with Gasteiger partial charge in [-0.1, -0.05) is 24.3 Å². The highest BCUT2D eigenvalue weighted by Gasteiger charge is 2.10. The van der Waals surface area contributed by atoms with Crippen LogP contribution in [0.4, 0.5) is 4.39 Å². The molecule has 1 aromatic carbocycles. The van der Waals surface area contributed by atoms with E-state index in [-0.39, 0.29) is 5.82 Å². The third-order valence-electron chi connectivity index (χ3n) is 3.35. The summed E-state index contributed by atoms with van der Waals surface area (Å²) in [6.45, 7) is 3.74. The van der Waals surface area contributed by atoms with E-state index >= 15 is 0 Å². The van der Waals surface area contributed by atoms with Crippen LogP contribution in [0.15, 0.2) is 54.1 Å². The van der Waals surface area contributed by atoms with Crippen LogP contribution in [-0.2, 0) is 6.42 Å². The number of hydrogen-bond acceptors (Lipinski definition) is 1. The van der Waals surface area contributed by atoms with Gasteiger partial charge in [0.05, 0.1) is 6.04 Å². The molecule has 0 aliphatic carbocycles. The van der Waals surface area contributed by atoms with Crippen LogP contribution in [0.1, 0.15) is 31.2 Å². The molecule has 1 aliphatic heterocycles. The molecule has 2 rings (SSSR count). The fourth-order valence-electron chi connectivity index (χ4n) is 2.26. The van der Waals surface area contributed by atoms with Gasteiger partial charge in [0.2, 0.25) is 0 Å². The predicted octanol–water partition coefficient (Wildman–Crippen LogP) is 4.49. The Morgan fingerprint density at radius 3 is 2.79 bits per heavy atom. The summed E-state index contributed by atoms with van der Waals surface area (Å²) in [5, 5.41) is 0. The topological polar surface area (TPSA) is 12.4 Å². The van der Waals surface area contributed by atoms with Crippen LogP contribution in [0.3, 0.4) is 0 Å². The van der Waals surface area contributed by atoms with Crippen molar-refractivity contribution in [3.63, 3.8) is 0 Å². The van der Waals surface area contributed by atoms with Crippen molar-refractivity contribution in [1.82, 2.24) is 0 Å². The van der Waals surface area contributed by atoms with E-state index in [0.717, 1.165) is 32.1 Å². The molecule has 2 heteroatoms. The van der Waals surface area contributed by atoms with Crippen molar-refractivity contribution in [2.24, 2.45) is 4.99 Å². The third kappa shape index (κ3) is 4.47. The zero-order chi connectivity index (χ0) is 13.5. The van der Waals surface area contributed by atoms with Crippen molar-refractivity contribution in [1.29, 1.82) is 0 Å². The molecule has 0 radical (unpaired) electrons. The van der Waals surface area contributed by atoms with Crippen molar-refractivity contribution >= 4 is 5.71 Å². The molecule has 100 valence electrons. The van der Waals surface area contributed by atoms with E-state index in [4.69, 9.17) is 4.99 Å². The fourth-order valence-corrected chi connectivity index (χ4v) is 2.26. The largest absolute Gasteiger partial charge is 0.286 e. The van der Waals surface area contributed by atoms with Crippen LogP contribution < -0.4 is 0 Å². The normalized spacial score (nSPS) is 18.2. The number of benzene rings is 1. The molecular formula is C17H20FN. The Hall–Kier alpha value is -1.70. The highest BCUT2D eigenvalue weighted by molar-refractivity contribution is 5.95. The first-order chi connectivity index (χ1) is 9.28. The molecule has 0 bridgehead atoms. The molecule has 1 aliphatic rings. The van der Waals surface area contributed by atoms with Gasteiger partial charge in [0, 0.05) is 5.71 Å². The monoisotopic (exact) mass is 257 g/mol. The van der Waals surface area contributed by atoms with Gasteiger partial charge in [-0.15, -0.1) is 6.58 Å². The number of aryl methyl sites for hydroxylation is 1. The molecular weight excluding hydrogens is 237 g/mol. The van der Waals surface area contributed by atoms with Gasteiger partial charge in [0.15, 0.2) is 0 Å². The second-order valence-electron chi connectivity index (χ2n) is 4.90. The molecule has 0 saturated carbocycles. The lowest BCUT2D eigenvalue weighted by atomic mass is 10.00. The predicted molar refractivity (Wildman–Crippen MR) is 79.1 cm³/mol. The van der Waals surface area contributed by atoms with Crippen molar-refractivity contribution in [2.45, 2.75) is 38.1 Å². The van der Waals surface area contributed by atoms with E-state index in [2.05, 4.69) is 18.7 Å². The van der Waals surface area contributed by atoms with Crippen LogP contribution >= 0.6 is 0 Å². The van der Waals surface area contributed by atoms with Crippen LogP contribution in [0.25, 0.3) is 0 Å². The summed E-state index contributed by atoms with van der Waals surface area (Å²) in [6, 6.07) is 7.13. The highest BCUT2D eigenvalue weighted by Crippen LogP contribution is 2.16. The van der Waals surface area contributed by atoms with Crippen molar-refractivity contribution < 1.29 is 4.39 Å². The second-order valence-corrected chi connectivity index (χ2v) is 4.90. The van der Waals surface area contributed by atoms with Gasteiger partial charge in [-0.3, -0.25) is 4.99 Å². The minimum absolute atomic E-state index is 0.172. The zero-order valence-corrected chi connectivity index (χ0v) is 11.2. The van der Waals surface area contributed by atoms with Gasteiger partial charge >= 0.3 is 0 Å². The maximum Gasteiger partial charge on any atom is 0.123 e. The van der Waals surface area contributed by atoms with Crippen LogP contribution in [0.5, 0.6) is 0 Å². The molecule has 1 atom stereocenters. The maximum absolute atomic E-state index is 12.8. The molecule has 1 heterocycles. The Bertz CT molecular complexity index is 471. The van der Waals surface area contributed by atoms with E-state index in [1.54, 1.807) is 0 Å². The standard InChI is InChI=1S/C17H20FN/c1-2-3-5-16-6-4-7-17(19-16)13-10-14-8-11-15(18)12-9-14/h2,4,6,8-9,11-12,17H,1,3,5,7,10,13H2. The molecule has 1 nitrogen and oxygen atoms in total. The van der Waals surface area contributed by atoms with Gasteiger partial charge in [-0.05, 0) is 55.9 Å². The first-order valence-corrected chi connectivity index (χ1v) is 6.86. The minimum atomic E-state index is -0.172. The first-order valence-electron chi connectivity index (χ1n) is 6.86. The number of halogens is 1. The molecule has 19 heavy (non-hydrogen) atoms. The van der Waals surface area contributed by atoms with E-state index in [1.165, 1.54) is 23.4 Å². The highest BCUT2D eigenvalue weighted by atomic mass is 19.1. The van der Waals surface area contributed by atoms with Gasteiger partial charge in [0.1, 0.15) is 5.82 Å². The summed E-state index contributed by atoms with van der Waals surface area (Å²) in [7, 11) is 0. The van der Waals surface area contributed by atoms with E-state index in [1.807, 2.05) is 18.2 Å². The Kier molecular flexibility index (Phi) is 5.08. The lowest BCUT2D eigenvalue weighted by Crippen LogP contribution is -2.12. The molecule has 0 fully saturated rings. The van der Waals surface area contributed by atoms with Crippen LogP contribution in [0, 0.1) is 5.82 Å². The quantitative estimate of drug-likeness (QED) is 0.666. The Labute approximate surface area is 114 Å². The number of nitrogens with zero attached hydrogens (tertiary/aromatic N) is 1. The van der Waals surface area contributed by atoms with Crippen molar-refractivity contribution in [2.75, 3.05) is 0 Å². The zero-order valence-electron chi connectivity index (χ0n) is 11.2. The lowest BCUT2D eigenvalue weighted by molar-refractivity contribution is 0.612. The average molecular weight is 257 g/mol. The first kappa shape index (κ1) is 13.7. The van der Waals surface area contributed by atoms with Crippen molar-refractivity contribution in [3.05, 3.63) is 60.5 Å². The molecule has 0 N–H and O–H groups in total. The summed E-state index contributed by atoms with van der Waals surface area (Å²) in [5.41, 5.74) is 2.36. The molecule has 1 aromatic rings. The summed E-state index contributed by atoms with van der Waals surface area (Å²) in [6.07, 6.45) is 11.2. The molecule has 1 unspecified atom stereocenters. The number of allylic oxidation sites excluding steroid dienone is 2. The van der Waals surface area contributed by atoms with Gasteiger partial charge < -0.3 is 0 Å². The maximum atomic E-state index is 12.8. The number of aliphatic imine (C=N–C) groups is 1. The van der Waals surface area contributed by atoms with Crippen LogP contribution in [-0.4, -0.2) is 11.8 Å². The number of rotatable bonds is 6. The fraction of sp³-hybridized carbons (Fsp3) is 0.353. The van der Waals surface area contributed by atoms with E-state index < -0.39 is 0 Å². The molecule has 0 amide bonds. The number of hydrogen-bond donors (Lipinski definition) is 0. The minimum Gasteiger partial charge on any atom is -0.286 e. The van der Waals surface area contributed by atoms with Gasteiger partial charge in [-0.25, -0.2) is 4.39 Å². The smallest absolute Gasteiger partial charge is 0.123 e. The molecule has 0 spiro atoms. The second kappa shape index (κ2) is 7.03. The third-order valence-corrected chi connectivity index (χ3v) is 3.35. The summed E-state index contributed by atoms with van der Waals surface area (Å²) in [4.78, 5) is 4.76. The number of dihydropyridines is 1. The Balaban J connectivity index is 1.85. The van der Waals surface area contributed by atoms with Gasteiger partial charge in [0.25, 0.3) is 0 Å². The average Bonchev–Trinajstić information content (AvgIpc) is 2.45. The van der Waals surface area contributed by atoms with E-state index in [0.29, 0.717) is 6.04 Å².